The van der Waals surface area contributed by atoms with E-state index in [1.54, 1.807) is 0 Å². The zero-order valence-corrected chi connectivity index (χ0v) is 16.0. The van der Waals surface area contributed by atoms with Crippen LogP contribution in [-0.2, 0) is 0 Å². The summed E-state index contributed by atoms with van der Waals surface area (Å²) in [4.78, 5) is 16.4. The van der Waals surface area contributed by atoms with E-state index in [0.29, 0.717) is 6.04 Å². The van der Waals surface area contributed by atoms with Crippen LogP contribution in [0.3, 0.4) is 0 Å². The van der Waals surface area contributed by atoms with Gasteiger partial charge in [0.15, 0.2) is 5.17 Å². The second-order valence-electron chi connectivity index (χ2n) is 6.84. The van der Waals surface area contributed by atoms with Crippen LogP contribution in [-0.4, -0.2) is 36.4 Å². The Morgan fingerprint density at radius 3 is 2.74 bits per heavy atom. The van der Waals surface area contributed by atoms with Crippen LogP contribution in [0.4, 0.5) is 0 Å². The van der Waals surface area contributed by atoms with Gasteiger partial charge in [0, 0.05) is 48.0 Å². The summed E-state index contributed by atoms with van der Waals surface area (Å²) in [6.07, 6.45) is 8.79. The smallest absolute Gasteiger partial charge is 0.160 e. The van der Waals surface area contributed by atoms with Crippen molar-refractivity contribution in [3.05, 3.63) is 78.6 Å². The molecular weight excluding hydrogens is 354 g/mol. The summed E-state index contributed by atoms with van der Waals surface area (Å²) in [6.45, 7) is 2.27. The Morgan fingerprint density at radius 2 is 1.96 bits per heavy atom. The lowest BCUT2D eigenvalue weighted by atomic mass is 9.99. The molecule has 2 aliphatic heterocycles. The fourth-order valence-electron chi connectivity index (χ4n) is 4.05. The summed E-state index contributed by atoms with van der Waals surface area (Å²) >= 11 is 1.88. The minimum absolute atomic E-state index is 0.0125. The lowest BCUT2D eigenvalue weighted by molar-refractivity contribution is 0.249. The van der Waals surface area contributed by atoms with Gasteiger partial charge in [-0.1, -0.05) is 24.8 Å². The standard InChI is InChI=1S/C21H21N5S/c1-2-15-14-27-21-24-19(17-6-3-4-10-23-17)20(26(15)21)18-7-5-13-25(18)16-8-11-22-12-9-16/h3-13,15,19-20H,2,14H2,1H3. The summed E-state index contributed by atoms with van der Waals surface area (Å²) in [5.41, 5.74) is 3.40. The Bertz CT molecular complexity index is 953. The zero-order chi connectivity index (χ0) is 18.2. The average molecular weight is 376 g/mol. The molecule has 5 nitrogen and oxygen atoms in total. The zero-order valence-electron chi connectivity index (χ0n) is 15.1. The number of hydrogen-bond donors (Lipinski definition) is 0. The molecule has 136 valence electrons. The molecule has 27 heavy (non-hydrogen) atoms. The van der Waals surface area contributed by atoms with Crippen LogP contribution < -0.4 is 0 Å². The first kappa shape index (κ1) is 16.6. The molecule has 1 saturated heterocycles. The number of thioether (sulfide) groups is 1. The summed E-state index contributed by atoms with van der Waals surface area (Å²) in [5, 5.41) is 1.16. The van der Waals surface area contributed by atoms with Gasteiger partial charge >= 0.3 is 0 Å². The van der Waals surface area contributed by atoms with Crippen LogP contribution >= 0.6 is 11.8 Å². The molecule has 0 saturated carbocycles. The predicted molar refractivity (Wildman–Crippen MR) is 109 cm³/mol. The van der Waals surface area contributed by atoms with Crippen LogP contribution in [0.15, 0.2) is 72.2 Å². The van der Waals surface area contributed by atoms with Crippen molar-refractivity contribution in [1.82, 2.24) is 19.4 Å². The molecule has 3 unspecified atom stereocenters. The minimum atomic E-state index is 0.0125. The van der Waals surface area contributed by atoms with E-state index in [1.807, 2.05) is 48.6 Å². The van der Waals surface area contributed by atoms with Crippen molar-refractivity contribution in [3.63, 3.8) is 0 Å². The molecule has 0 radical (unpaired) electrons. The number of rotatable bonds is 4. The highest BCUT2D eigenvalue weighted by Crippen LogP contribution is 2.48. The largest absolute Gasteiger partial charge is 0.337 e. The first-order valence-electron chi connectivity index (χ1n) is 9.34. The molecule has 5 rings (SSSR count). The molecule has 0 aromatic carbocycles. The first-order valence-corrected chi connectivity index (χ1v) is 10.3. The molecule has 6 heteroatoms. The van der Waals surface area contributed by atoms with E-state index < -0.39 is 0 Å². The van der Waals surface area contributed by atoms with Crippen molar-refractivity contribution in [3.8, 4) is 5.69 Å². The molecule has 3 atom stereocenters. The van der Waals surface area contributed by atoms with Gasteiger partial charge < -0.3 is 9.47 Å². The van der Waals surface area contributed by atoms with E-state index in [4.69, 9.17) is 4.99 Å². The second kappa shape index (κ2) is 6.85. The lowest BCUT2D eigenvalue weighted by Gasteiger charge is -2.32. The van der Waals surface area contributed by atoms with Gasteiger partial charge in [0.05, 0.1) is 5.69 Å². The fraction of sp³-hybridized carbons (Fsp3) is 0.286. The Kier molecular flexibility index (Phi) is 4.20. The second-order valence-corrected chi connectivity index (χ2v) is 7.83. The molecule has 0 N–H and O–H groups in total. The van der Waals surface area contributed by atoms with Crippen LogP contribution in [0.2, 0.25) is 0 Å². The maximum atomic E-state index is 5.11. The number of amidine groups is 1. The van der Waals surface area contributed by atoms with Crippen LogP contribution in [0.1, 0.15) is 36.8 Å². The van der Waals surface area contributed by atoms with Gasteiger partial charge in [-0.15, -0.1) is 0 Å². The van der Waals surface area contributed by atoms with E-state index >= 15 is 0 Å². The van der Waals surface area contributed by atoms with E-state index in [-0.39, 0.29) is 12.1 Å². The fourth-order valence-corrected chi connectivity index (χ4v) is 5.38. The van der Waals surface area contributed by atoms with Crippen LogP contribution in [0.25, 0.3) is 5.69 Å². The highest BCUT2D eigenvalue weighted by molar-refractivity contribution is 8.14. The van der Waals surface area contributed by atoms with E-state index in [0.717, 1.165) is 28.7 Å². The monoisotopic (exact) mass is 375 g/mol. The maximum absolute atomic E-state index is 5.11. The molecule has 0 aliphatic carbocycles. The Labute approximate surface area is 163 Å². The minimum Gasteiger partial charge on any atom is -0.337 e. The van der Waals surface area contributed by atoms with Gasteiger partial charge in [0.25, 0.3) is 0 Å². The van der Waals surface area contributed by atoms with E-state index in [9.17, 15) is 0 Å². The van der Waals surface area contributed by atoms with Crippen LogP contribution in [0, 0.1) is 0 Å². The Hall–Kier alpha value is -2.60. The first-order chi connectivity index (χ1) is 13.4. The third-order valence-corrected chi connectivity index (χ3v) is 6.48. The Morgan fingerprint density at radius 1 is 1.07 bits per heavy atom. The maximum Gasteiger partial charge on any atom is 0.160 e. The van der Waals surface area contributed by atoms with Crippen molar-refractivity contribution in [2.24, 2.45) is 4.99 Å². The summed E-state index contributed by atoms with van der Waals surface area (Å²) in [6, 6.07) is 15.2. The number of nitrogens with zero attached hydrogens (tertiary/aromatic N) is 5. The van der Waals surface area contributed by atoms with Crippen LogP contribution in [0.5, 0.6) is 0 Å². The highest BCUT2D eigenvalue weighted by Gasteiger charge is 2.46. The van der Waals surface area contributed by atoms with Gasteiger partial charge in [0.2, 0.25) is 0 Å². The highest BCUT2D eigenvalue weighted by atomic mass is 32.2. The Balaban J connectivity index is 1.63. The normalized spacial score (nSPS) is 24.1. The number of aromatic nitrogens is 3. The molecule has 0 bridgehead atoms. The molecule has 5 heterocycles. The predicted octanol–water partition coefficient (Wildman–Crippen LogP) is 4.25. The third-order valence-electron chi connectivity index (χ3n) is 5.35. The number of aliphatic imine (C=N–C) groups is 1. The van der Waals surface area contributed by atoms with Crippen molar-refractivity contribution in [1.29, 1.82) is 0 Å². The lowest BCUT2D eigenvalue weighted by Crippen LogP contribution is -2.36. The van der Waals surface area contributed by atoms with Crippen molar-refractivity contribution in [2.45, 2.75) is 31.5 Å². The number of pyridine rings is 2. The summed E-state index contributed by atoms with van der Waals surface area (Å²) in [5.74, 6) is 1.11. The average Bonchev–Trinajstić information content (AvgIpc) is 3.44. The summed E-state index contributed by atoms with van der Waals surface area (Å²) < 4.78 is 2.26. The molecule has 0 amide bonds. The van der Waals surface area contributed by atoms with Crippen molar-refractivity contribution in [2.75, 3.05) is 5.75 Å². The van der Waals surface area contributed by atoms with E-state index in [1.165, 1.54) is 5.69 Å². The van der Waals surface area contributed by atoms with Crippen molar-refractivity contribution >= 4 is 16.9 Å². The molecule has 2 aliphatic rings. The number of hydrogen-bond acceptors (Lipinski definition) is 5. The topological polar surface area (TPSA) is 46.3 Å². The van der Waals surface area contributed by atoms with Gasteiger partial charge in [-0.3, -0.25) is 15.0 Å². The van der Waals surface area contributed by atoms with Gasteiger partial charge in [-0.25, -0.2) is 0 Å². The van der Waals surface area contributed by atoms with Crippen molar-refractivity contribution < 1.29 is 0 Å². The number of fused-ring (bicyclic) bond motifs is 1. The third kappa shape index (κ3) is 2.75. The molecule has 3 aromatic heterocycles. The molecular formula is C21H21N5S. The molecule has 0 spiro atoms. The molecule has 1 fully saturated rings. The van der Waals surface area contributed by atoms with Gasteiger partial charge in [0.1, 0.15) is 12.1 Å². The molecule has 3 aromatic rings. The van der Waals surface area contributed by atoms with Gasteiger partial charge in [-0.2, -0.15) is 0 Å². The van der Waals surface area contributed by atoms with E-state index in [2.05, 4.69) is 56.8 Å². The SMILES string of the molecule is CCC1CSC2=NC(c3ccccn3)C(c3cccn3-c3ccncc3)N21. The quantitative estimate of drug-likeness (QED) is 0.684. The van der Waals surface area contributed by atoms with Gasteiger partial charge in [-0.05, 0) is 42.8 Å². The summed E-state index contributed by atoms with van der Waals surface area (Å²) in [7, 11) is 0.